The van der Waals surface area contributed by atoms with Crippen molar-refractivity contribution in [3.63, 3.8) is 0 Å². The molecule has 2 aromatic carbocycles. The Hall–Kier alpha value is -1.36. The molecule has 0 fully saturated rings. The average Bonchev–Trinajstić information content (AvgIpc) is 2.38. The molecule has 2 rings (SSSR count). The first-order valence-corrected chi connectivity index (χ1v) is 5.11. The molecule has 2 aromatic rings. The Balaban J connectivity index is 0.00000144. The molecule has 0 heterocycles. The standard InChI is InChI=1S/C14H13NO.HI/c1-16-14-9-7-12(8-10-14)11-15-13-5-3-2-4-6-13;/h2-11H,1H3;1H. The second-order valence-corrected chi connectivity index (χ2v) is 3.37. The third-order valence-corrected chi connectivity index (χ3v) is 2.23. The van der Waals surface area contributed by atoms with Crippen molar-refractivity contribution in [1.82, 2.24) is 0 Å². The summed E-state index contributed by atoms with van der Waals surface area (Å²) in [5, 5.41) is 0. The van der Waals surface area contributed by atoms with Crippen molar-refractivity contribution >= 4 is 35.9 Å². The summed E-state index contributed by atoms with van der Waals surface area (Å²) < 4.78 is 5.09. The van der Waals surface area contributed by atoms with E-state index in [9.17, 15) is 0 Å². The maximum Gasteiger partial charge on any atom is 0.118 e. The van der Waals surface area contributed by atoms with Crippen LogP contribution in [0.5, 0.6) is 5.75 Å². The van der Waals surface area contributed by atoms with E-state index in [4.69, 9.17) is 4.74 Å². The summed E-state index contributed by atoms with van der Waals surface area (Å²) in [5.41, 5.74) is 2.02. The van der Waals surface area contributed by atoms with Crippen molar-refractivity contribution < 1.29 is 4.74 Å². The molecule has 0 amide bonds. The number of hydrogen-bond acceptors (Lipinski definition) is 2. The molecule has 88 valence electrons. The summed E-state index contributed by atoms with van der Waals surface area (Å²) in [6.07, 6.45) is 1.84. The van der Waals surface area contributed by atoms with Crippen molar-refractivity contribution in [2.75, 3.05) is 7.11 Å². The van der Waals surface area contributed by atoms with Crippen LogP contribution >= 0.6 is 24.0 Å². The van der Waals surface area contributed by atoms with E-state index in [1.165, 1.54) is 0 Å². The van der Waals surface area contributed by atoms with E-state index >= 15 is 0 Å². The Morgan fingerprint density at radius 2 is 1.59 bits per heavy atom. The molecule has 2 nitrogen and oxygen atoms in total. The topological polar surface area (TPSA) is 21.6 Å². The van der Waals surface area contributed by atoms with Gasteiger partial charge in [0.2, 0.25) is 0 Å². The van der Waals surface area contributed by atoms with Crippen molar-refractivity contribution in [1.29, 1.82) is 0 Å². The predicted octanol–water partition coefficient (Wildman–Crippen LogP) is 4.06. The van der Waals surface area contributed by atoms with Gasteiger partial charge in [0, 0.05) is 6.21 Å². The van der Waals surface area contributed by atoms with Gasteiger partial charge in [0.15, 0.2) is 0 Å². The summed E-state index contributed by atoms with van der Waals surface area (Å²) in [5.74, 6) is 0.858. The minimum Gasteiger partial charge on any atom is -0.497 e. The fourth-order valence-corrected chi connectivity index (χ4v) is 1.35. The molecule has 0 bridgehead atoms. The minimum atomic E-state index is 0. The lowest BCUT2D eigenvalue weighted by Crippen LogP contribution is -1.84. The Labute approximate surface area is 118 Å². The monoisotopic (exact) mass is 339 g/mol. The van der Waals surface area contributed by atoms with E-state index in [0.29, 0.717) is 0 Å². The first-order valence-electron chi connectivity index (χ1n) is 5.11. The molecule has 0 saturated carbocycles. The van der Waals surface area contributed by atoms with E-state index in [0.717, 1.165) is 17.0 Å². The van der Waals surface area contributed by atoms with Gasteiger partial charge in [-0.2, -0.15) is 0 Å². The molecule has 0 saturated heterocycles. The largest absolute Gasteiger partial charge is 0.497 e. The van der Waals surface area contributed by atoms with Crippen molar-refractivity contribution in [3.8, 4) is 5.75 Å². The molecule has 0 N–H and O–H groups in total. The number of methoxy groups -OCH3 is 1. The van der Waals surface area contributed by atoms with Crippen LogP contribution in [0.2, 0.25) is 0 Å². The van der Waals surface area contributed by atoms with Gasteiger partial charge >= 0.3 is 0 Å². The molecular weight excluding hydrogens is 325 g/mol. The van der Waals surface area contributed by atoms with Gasteiger partial charge in [0.1, 0.15) is 5.75 Å². The van der Waals surface area contributed by atoms with Crippen LogP contribution < -0.4 is 4.74 Å². The number of halogens is 1. The van der Waals surface area contributed by atoms with E-state index in [1.54, 1.807) is 7.11 Å². The first kappa shape index (κ1) is 13.7. The Morgan fingerprint density at radius 1 is 0.941 bits per heavy atom. The highest BCUT2D eigenvalue weighted by molar-refractivity contribution is 14.0. The average molecular weight is 339 g/mol. The SMILES string of the molecule is COc1ccc(C=Nc2ccccc2)cc1.I. The van der Waals surface area contributed by atoms with Gasteiger partial charge in [-0.3, -0.25) is 4.99 Å². The molecule has 17 heavy (non-hydrogen) atoms. The number of rotatable bonds is 3. The molecular formula is C14H14INO. The summed E-state index contributed by atoms with van der Waals surface area (Å²) in [7, 11) is 1.66. The van der Waals surface area contributed by atoms with E-state index in [2.05, 4.69) is 4.99 Å². The third kappa shape index (κ3) is 4.19. The molecule has 0 aliphatic carbocycles. The molecule has 0 unspecified atom stereocenters. The van der Waals surface area contributed by atoms with Crippen LogP contribution in [0.15, 0.2) is 59.6 Å². The predicted molar refractivity (Wildman–Crippen MR) is 82.1 cm³/mol. The smallest absolute Gasteiger partial charge is 0.118 e. The van der Waals surface area contributed by atoms with Crippen LogP contribution in [-0.2, 0) is 0 Å². The van der Waals surface area contributed by atoms with Crippen LogP contribution in [0.25, 0.3) is 0 Å². The van der Waals surface area contributed by atoms with Crippen molar-refractivity contribution in [3.05, 3.63) is 60.2 Å². The van der Waals surface area contributed by atoms with Gasteiger partial charge in [-0.25, -0.2) is 0 Å². The maximum absolute atomic E-state index is 5.09. The van der Waals surface area contributed by atoms with Gasteiger partial charge in [-0.15, -0.1) is 24.0 Å². The Morgan fingerprint density at radius 3 is 2.18 bits per heavy atom. The zero-order valence-electron chi connectivity index (χ0n) is 9.54. The van der Waals surface area contributed by atoms with Gasteiger partial charge in [0.25, 0.3) is 0 Å². The van der Waals surface area contributed by atoms with Crippen molar-refractivity contribution in [2.24, 2.45) is 4.99 Å². The Bertz CT molecular complexity index is 465. The minimum absolute atomic E-state index is 0. The van der Waals surface area contributed by atoms with Gasteiger partial charge in [-0.05, 0) is 42.0 Å². The highest BCUT2D eigenvalue weighted by Crippen LogP contribution is 2.12. The molecule has 3 heteroatoms. The number of aliphatic imine (C=N–C) groups is 1. The third-order valence-electron chi connectivity index (χ3n) is 2.23. The van der Waals surface area contributed by atoms with E-state index < -0.39 is 0 Å². The van der Waals surface area contributed by atoms with Crippen LogP contribution in [0.1, 0.15) is 5.56 Å². The lowest BCUT2D eigenvalue weighted by atomic mass is 10.2. The number of para-hydroxylation sites is 1. The van der Waals surface area contributed by atoms with Crippen molar-refractivity contribution in [2.45, 2.75) is 0 Å². The lowest BCUT2D eigenvalue weighted by Gasteiger charge is -1.98. The highest BCUT2D eigenvalue weighted by Gasteiger charge is 1.90. The van der Waals surface area contributed by atoms with Crippen LogP contribution in [0.4, 0.5) is 5.69 Å². The quantitative estimate of drug-likeness (QED) is 0.610. The summed E-state index contributed by atoms with van der Waals surface area (Å²) in [6.45, 7) is 0. The molecule has 0 radical (unpaired) electrons. The zero-order valence-corrected chi connectivity index (χ0v) is 11.9. The normalized spacial score (nSPS) is 9.94. The Kier molecular flexibility index (Phi) is 5.69. The van der Waals surface area contributed by atoms with Gasteiger partial charge in [0.05, 0.1) is 12.8 Å². The highest BCUT2D eigenvalue weighted by atomic mass is 127. The molecule has 0 atom stereocenters. The number of ether oxygens (including phenoxy) is 1. The van der Waals surface area contributed by atoms with Crippen LogP contribution in [-0.4, -0.2) is 13.3 Å². The fraction of sp³-hybridized carbons (Fsp3) is 0.0714. The number of hydrogen-bond donors (Lipinski definition) is 0. The lowest BCUT2D eigenvalue weighted by molar-refractivity contribution is 0.415. The number of benzene rings is 2. The molecule has 0 aromatic heterocycles. The second kappa shape index (κ2) is 7.06. The summed E-state index contributed by atoms with van der Waals surface area (Å²) in [6, 6.07) is 17.7. The van der Waals surface area contributed by atoms with E-state index in [-0.39, 0.29) is 24.0 Å². The molecule has 0 aliphatic rings. The van der Waals surface area contributed by atoms with Gasteiger partial charge < -0.3 is 4.74 Å². The fourth-order valence-electron chi connectivity index (χ4n) is 1.35. The van der Waals surface area contributed by atoms with Gasteiger partial charge in [-0.1, -0.05) is 18.2 Å². The van der Waals surface area contributed by atoms with E-state index in [1.807, 2.05) is 60.8 Å². The maximum atomic E-state index is 5.09. The zero-order chi connectivity index (χ0) is 11.2. The molecule has 0 spiro atoms. The van der Waals surface area contributed by atoms with Crippen LogP contribution in [0.3, 0.4) is 0 Å². The summed E-state index contributed by atoms with van der Waals surface area (Å²) in [4.78, 5) is 4.37. The number of nitrogens with zero attached hydrogens (tertiary/aromatic N) is 1. The molecule has 0 aliphatic heterocycles. The van der Waals surface area contributed by atoms with Crippen LogP contribution in [0, 0.1) is 0 Å². The second-order valence-electron chi connectivity index (χ2n) is 3.37. The summed E-state index contributed by atoms with van der Waals surface area (Å²) >= 11 is 0. The first-order chi connectivity index (χ1) is 7.88.